The van der Waals surface area contributed by atoms with Crippen LogP contribution in [-0.4, -0.2) is 27.5 Å². The zero-order chi connectivity index (χ0) is 15.0. The first kappa shape index (κ1) is 13.5. The second kappa shape index (κ2) is 5.13. The molecule has 7 nitrogen and oxygen atoms in total. The molecule has 0 saturated carbocycles. The van der Waals surface area contributed by atoms with Crippen molar-refractivity contribution in [1.29, 1.82) is 0 Å². The van der Waals surface area contributed by atoms with Crippen LogP contribution in [0.15, 0.2) is 29.8 Å². The Morgan fingerprint density at radius 1 is 1.52 bits per heavy atom. The van der Waals surface area contributed by atoms with E-state index in [4.69, 9.17) is 0 Å². The molecule has 3 heterocycles. The summed E-state index contributed by atoms with van der Waals surface area (Å²) >= 11 is 1.53. The molecule has 0 amide bonds. The third kappa shape index (κ3) is 2.33. The van der Waals surface area contributed by atoms with Crippen molar-refractivity contribution in [2.75, 3.05) is 11.4 Å². The number of carboxylic acids is 1. The van der Waals surface area contributed by atoms with Crippen LogP contribution < -0.4 is 4.90 Å². The Labute approximate surface area is 123 Å². The Bertz CT molecular complexity index is 715. The van der Waals surface area contributed by atoms with Crippen molar-refractivity contribution in [2.45, 2.75) is 12.5 Å². The van der Waals surface area contributed by atoms with E-state index in [2.05, 4.69) is 4.98 Å². The summed E-state index contributed by atoms with van der Waals surface area (Å²) in [6, 6.07) is 3.55. The van der Waals surface area contributed by atoms with Crippen molar-refractivity contribution in [1.82, 2.24) is 4.98 Å². The van der Waals surface area contributed by atoms with Crippen molar-refractivity contribution in [2.24, 2.45) is 0 Å². The number of aliphatic carboxylic acids is 1. The Morgan fingerprint density at radius 3 is 3.05 bits per heavy atom. The molecule has 1 aliphatic rings. The van der Waals surface area contributed by atoms with Crippen molar-refractivity contribution in [3.05, 3.63) is 50.3 Å². The maximum Gasteiger partial charge on any atom is 0.331 e. The van der Waals surface area contributed by atoms with Gasteiger partial charge in [-0.05, 0) is 23.4 Å². The van der Waals surface area contributed by atoms with Gasteiger partial charge in [0.2, 0.25) is 0 Å². The number of hydrogen-bond donors (Lipinski definition) is 1. The number of pyridine rings is 1. The number of thiophene rings is 1. The van der Waals surface area contributed by atoms with E-state index >= 15 is 0 Å². The molecular weight excluding hydrogens is 294 g/mol. The molecule has 2 aromatic rings. The minimum absolute atomic E-state index is 0.0970. The second-order valence-corrected chi connectivity index (χ2v) is 5.61. The Morgan fingerprint density at radius 2 is 2.33 bits per heavy atom. The molecule has 1 N–H and O–H groups in total. The smallest absolute Gasteiger partial charge is 0.331 e. The Kier molecular flexibility index (Phi) is 3.30. The van der Waals surface area contributed by atoms with E-state index in [0.29, 0.717) is 18.8 Å². The summed E-state index contributed by atoms with van der Waals surface area (Å²) in [6.07, 6.45) is 2.04. The first-order chi connectivity index (χ1) is 10.1. The monoisotopic (exact) mass is 305 g/mol. The minimum Gasteiger partial charge on any atom is -0.479 e. The zero-order valence-electron chi connectivity index (χ0n) is 10.8. The highest BCUT2D eigenvalue weighted by Gasteiger charge is 2.35. The highest BCUT2D eigenvalue weighted by Crippen LogP contribution is 2.36. The third-order valence-electron chi connectivity index (χ3n) is 3.43. The van der Waals surface area contributed by atoms with E-state index < -0.39 is 16.9 Å². The number of rotatable bonds is 3. The number of hydrogen-bond acceptors (Lipinski definition) is 6. The van der Waals surface area contributed by atoms with Crippen LogP contribution in [0.25, 0.3) is 0 Å². The van der Waals surface area contributed by atoms with Gasteiger partial charge < -0.3 is 10.0 Å². The molecule has 0 aliphatic carbocycles. The topological polar surface area (TPSA) is 96.6 Å². The SMILES string of the molecule is O=C(O)C1c2ccsc2CCN1c1cc([N+](=O)[O-])ccn1. The largest absolute Gasteiger partial charge is 0.479 e. The molecule has 1 aliphatic heterocycles. The fraction of sp³-hybridized carbons (Fsp3) is 0.231. The fourth-order valence-electron chi connectivity index (χ4n) is 2.51. The normalized spacial score (nSPS) is 17.3. The summed E-state index contributed by atoms with van der Waals surface area (Å²) in [5.41, 5.74) is 0.646. The molecule has 0 bridgehead atoms. The van der Waals surface area contributed by atoms with E-state index in [9.17, 15) is 20.0 Å². The van der Waals surface area contributed by atoms with Gasteiger partial charge in [0.05, 0.1) is 11.0 Å². The van der Waals surface area contributed by atoms with Crippen LogP contribution in [0.5, 0.6) is 0 Å². The van der Waals surface area contributed by atoms with Crippen LogP contribution in [-0.2, 0) is 11.2 Å². The Hall–Kier alpha value is -2.48. The van der Waals surface area contributed by atoms with Crippen LogP contribution in [0.2, 0.25) is 0 Å². The van der Waals surface area contributed by atoms with E-state index in [1.165, 1.54) is 29.7 Å². The van der Waals surface area contributed by atoms with Gasteiger partial charge in [0, 0.05) is 23.7 Å². The van der Waals surface area contributed by atoms with Crippen molar-refractivity contribution >= 4 is 28.8 Å². The molecule has 21 heavy (non-hydrogen) atoms. The van der Waals surface area contributed by atoms with Gasteiger partial charge >= 0.3 is 5.97 Å². The number of nitro groups is 1. The summed E-state index contributed by atoms with van der Waals surface area (Å²) in [4.78, 5) is 28.7. The highest BCUT2D eigenvalue weighted by molar-refractivity contribution is 7.10. The summed E-state index contributed by atoms with van der Waals surface area (Å²) in [7, 11) is 0. The number of carboxylic acid groups (broad SMARTS) is 1. The van der Waals surface area contributed by atoms with Gasteiger partial charge in [-0.15, -0.1) is 11.3 Å². The van der Waals surface area contributed by atoms with Gasteiger partial charge in [-0.3, -0.25) is 10.1 Å². The highest BCUT2D eigenvalue weighted by atomic mass is 32.1. The number of anilines is 1. The molecule has 0 fully saturated rings. The van der Waals surface area contributed by atoms with Crippen LogP contribution >= 0.6 is 11.3 Å². The molecule has 8 heteroatoms. The second-order valence-electron chi connectivity index (χ2n) is 4.61. The molecular formula is C13H11N3O4S. The fourth-order valence-corrected chi connectivity index (χ4v) is 3.41. The molecule has 0 saturated heterocycles. The number of fused-ring (bicyclic) bond motifs is 1. The molecule has 0 aromatic carbocycles. The lowest BCUT2D eigenvalue weighted by atomic mass is 10.00. The molecule has 2 aromatic heterocycles. The minimum atomic E-state index is -0.984. The summed E-state index contributed by atoms with van der Waals surface area (Å²) in [6.45, 7) is 0.471. The van der Waals surface area contributed by atoms with Gasteiger partial charge in [0.25, 0.3) is 5.69 Å². The average Bonchev–Trinajstić information content (AvgIpc) is 2.94. The molecule has 0 radical (unpaired) electrons. The lowest BCUT2D eigenvalue weighted by Crippen LogP contribution is -2.39. The summed E-state index contributed by atoms with van der Waals surface area (Å²) in [5, 5.41) is 22.2. The van der Waals surface area contributed by atoms with Crippen LogP contribution in [0.4, 0.5) is 11.5 Å². The lowest BCUT2D eigenvalue weighted by molar-refractivity contribution is -0.384. The third-order valence-corrected chi connectivity index (χ3v) is 4.43. The van der Waals surface area contributed by atoms with E-state index in [0.717, 1.165) is 10.4 Å². The maximum atomic E-state index is 11.6. The van der Waals surface area contributed by atoms with Gasteiger partial charge in [-0.1, -0.05) is 0 Å². The lowest BCUT2D eigenvalue weighted by Gasteiger charge is -2.33. The number of nitrogens with zero attached hydrogens (tertiary/aromatic N) is 3. The molecule has 1 atom stereocenters. The Balaban J connectivity index is 2.04. The first-order valence-electron chi connectivity index (χ1n) is 6.24. The van der Waals surface area contributed by atoms with Crippen molar-refractivity contribution in [3.63, 3.8) is 0 Å². The van der Waals surface area contributed by atoms with Crippen LogP contribution in [0.1, 0.15) is 16.5 Å². The van der Waals surface area contributed by atoms with E-state index in [1.54, 1.807) is 11.0 Å². The molecule has 3 rings (SSSR count). The number of carbonyl (C=O) groups is 1. The van der Waals surface area contributed by atoms with Crippen LogP contribution in [0, 0.1) is 10.1 Å². The maximum absolute atomic E-state index is 11.6. The van der Waals surface area contributed by atoms with Gasteiger partial charge in [0.1, 0.15) is 5.82 Å². The quantitative estimate of drug-likeness (QED) is 0.690. The van der Waals surface area contributed by atoms with Crippen molar-refractivity contribution < 1.29 is 14.8 Å². The van der Waals surface area contributed by atoms with Crippen LogP contribution in [0.3, 0.4) is 0 Å². The molecule has 1 unspecified atom stereocenters. The predicted molar refractivity (Wildman–Crippen MR) is 76.6 cm³/mol. The van der Waals surface area contributed by atoms with E-state index in [-0.39, 0.29) is 5.69 Å². The predicted octanol–water partition coefficient (Wildman–Crippen LogP) is 2.24. The molecule has 108 valence electrons. The van der Waals surface area contributed by atoms with Gasteiger partial charge in [-0.25, -0.2) is 9.78 Å². The zero-order valence-corrected chi connectivity index (χ0v) is 11.6. The summed E-state index contributed by atoms with van der Waals surface area (Å²) < 4.78 is 0. The first-order valence-corrected chi connectivity index (χ1v) is 7.12. The van der Waals surface area contributed by atoms with Crippen molar-refractivity contribution in [3.8, 4) is 0 Å². The molecule has 0 spiro atoms. The summed E-state index contributed by atoms with van der Waals surface area (Å²) in [5.74, 6) is -0.670. The van der Waals surface area contributed by atoms with Gasteiger partial charge in [0.15, 0.2) is 6.04 Å². The van der Waals surface area contributed by atoms with E-state index in [1.807, 2.05) is 5.38 Å². The standard InChI is InChI=1S/C13H11N3O4S/c17-13(18)12-9-3-6-21-10(9)2-5-15(12)11-7-8(16(19)20)1-4-14-11/h1,3-4,6-7,12H,2,5H2,(H,17,18). The van der Waals surface area contributed by atoms with Gasteiger partial charge in [-0.2, -0.15) is 0 Å². The number of aromatic nitrogens is 1. The average molecular weight is 305 g/mol.